The number of carbonyl (C=O) groups excluding carboxylic acids is 1. The molecule has 3 heteroatoms. The number of anilines is 1. The monoisotopic (exact) mass is 270 g/mol. The van der Waals surface area contributed by atoms with Crippen molar-refractivity contribution < 1.29 is 4.79 Å². The molecule has 0 saturated carbocycles. The number of rotatable bonds is 6. The Kier molecular flexibility index (Phi) is 5.13. The lowest BCUT2D eigenvalue weighted by molar-refractivity contribution is -0.119. The van der Waals surface area contributed by atoms with Crippen LogP contribution in [0, 0.1) is 0 Å². The molecule has 0 aromatic heterocycles. The molecular weight excluding hydrogens is 248 g/mol. The number of fused-ring (bicyclic) bond motifs is 1. The van der Waals surface area contributed by atoms with E-state index in [1.54, 1.807) is 0 Å². The third-order valence-corrected chi connectivity index (χ3v) is 3.54. The molecule has 106 valence electrons. The van der Waals surface area contributed by atoms with Crippen molar-refractivity contribution in [1.82, 2.24) is 4.90 Å². The molecule has 0 spiro atoms. The highest BCUT2D eigenvalue weighted by Crippen LogP contribution is 2.26. The molecule has 0 unspecified atom stereocenters. The first-order valence-corrected chi connectivity index (χ1v) is 7.08. The van der Waals surface area contributed by atoms with Crippen molar-refractivity contribution in [1.29, 1.82) is 0 Å². The van der Waals surface area contributed by atoms with Gasteiger partial charge in [-0.3, -0.25) is 9.69 Å². The molecule has 1 aliphatic rings. The molecule has 20 heavy (non-hydrogen) atoms. The highest BCUT2D eigenvalue weighted by molar-refractivity contribution is 5.95. The molecular formula is C17H22N2O. The number of aryl methyl sites for hydroxylation is 1. The number of hydrogen-bond acceptors (Lipinski definition) is 2. The fraction of sp³-hybridized carbons (Fsp3) is 0.353. The van der Waals surface area contributed by atoms with Crippen LogP contribution in [0.1, 0.15) is 12.0 Å². The molecule has 1 aromatic rings. The number of hydrogen-bond donors (Lipinski definition) is 0. The molecule has 3 nitrogen and oxygen atoms in total. The first-order valence-electron chi connectivity index (χ1n) is 7.08. The molecule has 0 aliphatic carbocycles. The quantitative estimate of drug-likeness (QED) is 0.742. The Hall–Kier alpha value is -1.87. The third kappa shape index (κ3) is 3.36. The number of nitrogens with zero attached hydrogens (tertiary/aromatic N) is 2. The lowest BCUT2D eigenvalue weighted by atomic mass is 10.0. The Morgan fingerprint density at radius 2 is 1.95 bits per heavy atom. The highest BCUT2D eigenvalue weighted by atomic mass is 16.2. The summed E-state index contributed by atoms with van der Waals surface area (Å²) in [6.07, 6.45) is 5.73. The largest absolute Gasteiger partial charge is 0.311 e. The Bertz CT molecular complexity index is 486. The molecule has 0 atom stereocenters. The zero-order chi connectivity index (χ0) is 14.4. The van der Waals surface area contributed by atoms with Gasteiger partial charge in [-0.1, -0.05) is 30.4 Å². The summed E-state index contributed by atoms with van der Waals surface area (Å²) in [4.78, 5) is 16.5. The van der Waals surface area contributed by atoms with Crippen molar-refractivity contribution in [3.05, 3.63) is 55.1 Å². The first-order chi connectivity index (χ1) is 9.76. The van der Waals surface area contributed by atoms with Crippen molar-refractivity contribution in [3.8, 4) is 0 Å². The molecule has 1 aromatic carbocycles. The van der Waals surface area contributed by atoms with E-state index in [0.717, 1.165) is 25.1 Å². The zero-order valence-corrected chi connectivity index (χ0v) is 11.9. The summed E-state index contributed by atoms with van der Waals surface area (Å²) in [6.45, 7) is 10.1. The van der Waals surface area contributed by atoms with Gasteiger partial charge < -0.3 is 4.90 Å². The Balaban J connectivity index is 2.09. The summed E-state index contributed by atoms with van der Waals surface area (Å²) in [5.74, 6) is 0.154. The number of para-hydroxylation sites is 1. The number of carbonyl (C=O) groups is 1. The van der Waals surface area contributed by atoms with Crippen LogP contribution < -0.4 is 4.90 Å². The van der Waals surface area contributed by atoms with Crippen LogP contribution in [0.5, 0.6) is 0 Å². The van der Waals surface area contributed by atoms with E-state index in [4.69, 9.17) is 0 Å². The molecule has 1 aliphatic heterocycles. The van der Waals surface area contributed by atoms with E-state index in [-0.39, 0.29) is 5.91 Å². The predicted octanol–water partition coefficient (Wildman–Crippen LogP) is 2.64. The summed E-state index contributed by atoms with van der Waals surface area (Å²) < 4.78 is 0. The van der Waals surface area contributed by atoms with Gasteiger partial charge in [-0.05, 0) is 24.5 Å². The highest BCUT2D eigenvalue weighted by Gasteiger charge is 2.23. The van der Waals surface area contributed by atoms with Crippen LogP contribution in [-0.4, -0.2) is 37.0 Å². The van der Waals surface area contributed by atoms with E-state index in [2.05, 4.69) is 19.2 Å². The van der Waals surface area contributed by atoms with Gasteiger partial charge in [-0.25, -0.2) is 0 Å². The van der Waals surface area contributed by atoms with E-state index < -0.39 is 0 Å². The van der Waals surface area contributed by atoms with E-state index in [1.807, 2.05) is 40.2 Å². The first kappa shape index (κ1) is 14.5. The fourth-order valence-electron chi connectivity index (χ4n) is 2.64. The molecule has 1 amide bonds. The molecule has 2 rings (SSSR count). The fourth-order valence-corrected chi connectivity index (χ4v) is 2.64. The van der Waals surface area contributed by atoms with Gasteiger partial charge in [0, 0.05) is 25.3 Å². The van der Waals surface area contributed by atoms with Crippen molar-refractivity contribution >= 4 is 11.6 Å². The molecule has 0 N–H and O–H groups in total. The van der Waals surface area contributed by atoms with Crippen LogP contribution in [0.4, 0.5) is 5.69 Å². The molecule has 0 saturated heterocycles. The second-order valence-electron chi connectivity index (χ2n) is 5.05. The Labute approximate surface area is 121 Å². The van der Waals surface area contributed by atoms with E-state index in [0.29, 0.717) is 19.6 Å². The number of amides is 1. The van der Waals surface area contributed by atoms with Crippen LogP contribution in [0.3, 0.4) is 0 Å². The summed E-state index contributed by atoms with van der Waals surface area (Å²) in [7, 11) is 0. The van der Waals surface area contributed by atoms with Gasteiger partial charge in [0.1, 0.15) is 0 Å². The van der Waals surface area contributed by atoms with E-state index >= 15 is 0 Å². The molecule has 0 radical (unpaired) electrons. The minimum Gasteiger partial charge on any atom is -0.311 e. The maximum Gasteiger partial charge on any atom is 0.241 e. The van der Waals surface area contributed by atoms with Gasteiger partial charge in [-0.2, -0.15) is 0 Å². The standard InChI is InChI=1S/C17H22N2O/c1-3-11-18(12-4-2)14-17(20)19-13-7-9-15-8-5-6-10-16(15)19/h3-6,8,10H,1-2,7,9,11-14H2. The SMILES string of the molecule is C=CCN(CC=C)CC(=O)N1CCCc2ccccc21. The van der Waals surface area contributed by atoms with Crippen molar-refractivity contribution in [2.24, 2.45) is 0 Å². The lowest BCUT2D eigenvalue weighted by Crippen LogP contribution is -2.42. The number of benzene rings is 1. The van der Waals surface area contributed by atoms with Gasteiger partial charge in [-0.15, -0.1) is 13.2 Å². The van der Waals surface area contributed by atoms with Crippen LogP contribution in [0.15, 0.2) is 49.6 Å². The summed E-state index contributed by atoms with van der Waals surface area (Å²) >= 11 is 0. The van der Waals surface area contributed by atoms with Crippen LogP contribution in [-0.2, 0) is 11.2 Å². The average molecular weight is 270 g/mol. The second-order valence-corrected chi connectivity index (χ2v) is 5.05. The molecule has 0 bridgehead atoms. The van der Waals surface area contributed by atoms with Gasteiger partial charge in [0.2, 0.25) is 5.91 Å². The second kappa shape index (κ2) is 7.06. The topological polar surface area (TPSA) is 23.6 Å². The average Bonchev–Trinajstić information content (AvgIpc) is 2.47. The van der Waals surface area contributed by atoms with E-state index in [1.165, 1.54) is 5.56 Å². The summed E-state index contributed by atoms with van der Waals surface area (Å²) in [5, 5.41) is 0. The minimum atomic E-state index is 0.154. The molecule has 1 heterocycles. The molecule has 0 fully saturated rings. The van der Waals surface area contributed by atoms with Crippen LogP contribution in [0.2, 0.25) is 0 Å². The van der Waals surface area contributed by atoms with Crippen LogP contribution >= 0.6 is 0 Å². The maximum atomic E-state index is 12.5. The van der Waals surface area contributed by atoms with Gasteiger partial charge in [0.05, 0.1) is 6.54 Å². The van der Waals surface area contributed by atoms with Gasteiger partial charge in [0.15, 0.2) is 0 Å². The van der Waals surface area contributed by atoms with Gasteiger partial charge >= 0.3 is 0 Å². The minimum absolute atomic E-state index is 0.154. The smallest absolute Gasteiger partial charge is 0.241 e. The predicted molar refractivity (Wildman–Crippen MR) is 84.0 cm³/mol. The van der Waals surface area contributed by atoms with Crippen molar-refractivity contribution in [3.63, 3.8) is 0 Å². The van der Waals surface area contributed by atoms with Crippen LogP contribution in [0.25, 0.3) is 0 Å². The lowest BCUT2D eigenvalue weighted by Gasteiger charge is -2.31. The Morgan fingerprint density at radius 3 is 2.65 bits per heavy atom. The summed E-state index contributed by atoms with van der Waals surface area (Å²) in [5.41, 5.74) is 2.34. The Morgan fingerprint density at radius 1 is 1.25 bits per heavy atom. The van der Waals surface area contributed by atoms with E-state index in [9.17, 15) is 4.79 Å². The van der Waals surface area contributed by atoms with Crippen molar-refractivity contribution in [2.45, 2.75) is 12.8 Å². The maximum absolute atomic E-state index is 12.5. The normalized spacial score (nSPS) is 13.9. The zero-order valence-electron chi connectivity index (χ0n) is 11.9. The third-order valence-electron chi connectivity index (χ3n) is 3.54. The summed E-state index contributed by atoms with van der Waals surface area (Å²) in [6, 6.07) is 8.18. The van der Waals surface area contributed by atoms with Crippen molar-refractivity contribution in [2.75, 3.05) is 31.1 Å². The van der Waals surface area contributed by atoms with Gasteiger partial charge in [0.25, 0.3) is 0 Å².